The van der Waals surface area contributed by atoms with Gasteiger partial charge in [-0.2, -0.15) is 0 Å². The molecule has 1 aliphatic rings. The average molecular weight is 187 g/mol. The van der Waals surface area contributed by atoms with Crippen LogP contribution in [0.2, 0.25) is 0 Å². The molecule has 0 aromatic carbocycles. The first-order valence-corrected chi connectivity index (χ1v) is 5.10. The van der Waals surface area contributed by atoms with Crippen molar-refractivity contribution in [1.82, 2.24) is 5.32 Å². The lowest BCUT2D eigenvalue weighted by Gasteiger charge is -2.31. The molecule has 2 unspecified atom stereocenters. The molecule has 78 valence electrons. The Morgan fingerprint density at radius 1 is 1.54 bits per heavy atom. The zero-order valence-corrected chi connectivity index (χ0v) is 8.88. The van der Waals surface area contributed by atoms with Crippen LogP contribution in [0.1, 0.15) is 20.3 Å². The first kappa shape index (κ1) is 11.0. The van der Waals surface area contributed by atoms with Gasteiger partial charge >= 0.3 is 0 Å². The number of nitrogens with one attached hydrogen (secondary N) is 1. The summed E-state index contributed by atoms with van der Waals surface area (Å²) in [5, 5.41) is 3.27. The molecule has 0 aromatic heterocycles. The van der Waals surface area contributed by atoms with Crippen molar-refractivity contribution in [3.05, 3.63) is 0 Å². The van der Waals surface area contributed by atoms with Crippen LogP contribution >= 0.6 is 0 Å². The van der Waals surface area contributed by atoms with Crippen LogP contribution in [0.4, 0.5) is 0 Å². The maximum absolute atomic E-state index is 5.76. The first-order chi connectivity index (χ1) is 6.24. The highest BCUT2D eigenvalue weighted by Crippen LogP contribution is 2.12. The fraction of sp³-hybridized carbons (Fsp3) is 1.00. The third-order valence-electron chi connectivity index (χ3n) is 2.32. The van der Waals surface area contributed by atoms with Gasteiger partial charge in [0.2, 0.25) is 0 Å². The van der Waals surface area contributed by atoms with E-state index in [0.717, 1.165) is 26.2 Å². The molecular weight excluding hydrogens is 166 g/mol. The summed E-state index contributed by atoms with van der Waals surface area (Å²) in [5.74, 6) is 0.597. The highest BCUT2D eigenvalue weighted by atomic mass is 16.5. The minimum atomic E-state index is 0.237. The second kappa shape index (κ2) is 5.58. The Kier molecular flexibility index (Phi) is 4.70. The van der Waals surface area contributed by atoms with E-state index in [9.17, 15) is 0 Å². The summed E-state index contributed by atoms with van der Waals surface area (Å²) in [6.07, 6.45) is 1.29. The molecule has 1 N–H and O–H groups in total. The summed E-state index contributed by atoms with van der Waals surface area (Å²) < 4.78 is 11.1. The lowest BCUT2D eigenvalue weighted by atomic mass is 10.1. The lowest BCUT2D eigenvalue weighted by Crippen LogP contribution is -2.46. The molecule has 1 saturated heterocycles. The van der Waals surface area contributed by atoms with Crippen LogP contribution in [0.3, 0.4) is 0 Å². The molecule has 1 rings (SSSR count). The summed E-state index contributed by atoms with van der Waals surface area (Å²) in [6.45, 7) is 6.74. The van der Waals surface area contributed by atoms with Gasteiger partial charge in [0, 0.05) is 19.3 Å². The Morgan fingerprint density at radius 3 is 2.92 bits per heavy atom. The second-order valence-corrected chi connectivity index (χ2v) is 4.02. The van der Waals surface area contributed by atoms with Gasteiger partial charge in [-0.3, -0.25) is 0 Å². The highest BCUT2D eigenvalue weighted by Gasteiger charge is 2.24. The van der Waals surface area contributed by atoms with Crippen molar-refractivity contribution < 1.29 is 9.47 Å². The molecule has 0 bridgehead atoms. The maximum Gasteiger partial charge on any atom is 0.0961 e. The van der Waals surface area contributed by atoms with E-state index in [4.69, 9.17) is 9.47 Å². The quantitative estimate of drug-likeness (QED) is 0.713. The van der Waals surface area contributed by atoms with Crippen molar-refractivity contribution in [3.8, 4) is 0 Å². The van der Waals surface area contributed by atoms with Crippen molar-refractivity contribution in [2.45, 2.75) is 32.4 Å². The SMILES string of the molecule is CNC1CCOCC1OCC(C)C. The molecule has 0 saturated carbocycles. The first-order valence-electron chi connectivity index (χ1n) is 5.10. The fourth-order valence-corrected chi connectivity index (χ4v) is 1.52. The van der Waals surface area contributed by atoms with Crippen LogP contribution in [0.25, 0.3) is 0 Å². The summed E-state index contributed by atoms with van der Waals surface area (Å²) in [7, 11) is 1.99. The standard InChI is InChI=1S/C10H21NO2/c1-8(2)6-13-10-7-12-5-4-9(10)11-3/h8-11H,4-7H2,1-3H3. The fourth-order valence-electron chi connectivity index (χ4n) is 1.52. The lowest BCUT2D eigenvalue weighted by molar-refractivity contribution is -0.0739. The molecule has 1 fully saturated rings. The maximum atomic E-state index is 5.76. The minimum Gasteiger partial charge on any atom is -0.379 e. The summed E-state index contributed by atoms with van der Waals surface area (Å²) in [5.41, 5.74) is 0. The van der Waals surface area contributed by atoms with Crippen molar-refractivity contribution >= 4 is 0 Å². The van der Waals surface area contributed by atoms with Gasteiger partial charge in [-0.15, -0.1) is 0 Å². The third-order valence-corrected chi connectivity index (χ3v) is 2.32. The van der Waals surface area contributed by atoms with Crippen LogP contribution in [0.15, 0.2) is 0 Å². The molecule has 1 aliphatic heterocycles. The van der Waals surface area contributed by atoms with E-state index in [-0.39, 0.29) is 6.10 Å². The molecule has 3 nitrogen and oxygen atoms in total. The van der Waals surface area contributed by atoms with Gasteiger partial charge in [0.1, 0.15) is 0 Å². The van der Waals surface area contributed by atoms with E-state index in [1.807, 2.05) is 7.05 Å². The molecule has 1 heterocycles. The summed E-state index contributed by atoms with van der Waals surface area (Å²) in [4.78, 5) is 0. The number of likely N-dealkylation sites (N-methyl/N-ethyl adjacent to an activating group) is 1. The molecule has 3 heteroatoms. The predicted molar refractivity (Wildman–Crippen MR) is 52.9 cm³/mol. The van der Waals surface area contributed by atoms with Gasteiger partial charge in [0.25, 0.3) is 0 Å². The Hall–Kier alpha value is -0.120. The van der Waals surface area contributed by atoms with Crippen molar-refractivity contribution in [2.24, 2.45) is 5.92 Å². The van der Waals surface area contributed by atoms with E-state index in [1.165, 1.54) is 0 Å². The van der Waals surface area contributed by atoms with Crippen LogP contribution in [-0.2, 0) is 9.47 Å². The summed E-state index contributed by atoms with van der Waals surface area (Å²) in [6, 6.07) is 0.465. The summed E-state index contributed by atoms with van der Waals surface area (Å²) >= 11 is 0. The molecule has 0 amide bonds. The van der Waals surface area contributed by atoms with Crippen molar-refractivity contribution in [2.75, 3.05) is 26.9 Å². The average Bonchev–Trinajstić information content (AvgIpc) is 2.15. The molecule has 0 spiro atoms. The van der Waals surface area contributed by atoms with Gasteiger partial charge in [0.15, 0.2) is 0 Å². The Bertz CT molecular complexity index is 139. The van der Waals surface area contributed by atoms with E-state index < -0.39 is 0 Å². The van der Waals surface area contributed by atoms with E-state index >= 15 is 0 Å². The minimum absolute atomic E-state index is 0.237. The van der Waals surface area contributed by atoms with E-state index in [1.54, 1.807) is 0 Å². The van der Waals surface area contributed by atoms with Gasteiger partial charge < -0.3 is 14.8 Å². The number of rotatable bonds is 4. The monoisotopic (exact) mass is 187 g/mol. The van der Waals surface area contributed by atoms with Gasteiger partial charge in [-0.05, 0) is 19.4 Å². The van der Waals surface area contributed by atoms with Gasteiger partial charge in [-0.1, -0.05) is 13.8 Å². The largest absolute Gasteiger partial charge is 0.379 e. The van der Waals surface area contributed by atoms with Crippen molar-refractivity contribution in [1.29, 1.82) is 0 Å². The molecule has 0 aliphatic carbocycles. The zero-order valence-electron chi connectivity index (χ0n) is 8.88. The molecule has 0 radical (unpaired) electrons. The smallest absolute Gasteiger partial charge is 0.0961 e. The molecular formula is C10H21NO2. The van der Waals surface area contributed by atoms with Crippen LogP contribution < -0.4 is 5.32 Å². The van der Waals surface area contributed by atoms with E-state index in [2.05, 4.69) is 19.2 Å². The third kappa shape index (κ3) is 3.63. The Morgan fingerprint density at radius 2 is 2.31 bits per heavy atom. The number of hydrogen-bond donors (Lipinski definition) is 1. The normalized spacial score (nSPS) is 29.5. The number of ether oxygens (including phenoxy) is 2. The second-order valence-electron chi connectivity index (χ2n) is 4.02. The van der Waals surface area contributed by atoms with Crippen LogP contribution in [0, 0.1) is 5.92 Å². The topological polar surface area (TPSA) is 30.5 Å². The Balaban J connectivity index is 2.27. The molecule has 13 heavy (non-hydrogen) atoms. The zero-order chi connectivity index (χ0) is 9.68. The molecule has 0 aromatic rings. The highest BCUT2D eigenvalue weighted by molar-refractivity contribution is 4.79. The Labute approximate surface area is 80.8 Å². The van der Waals surface area contributed by atoms with E-state index in [0.29, 0.717) is 12.0 Å². The van der Waals surface area contributed by atoms with Crippen LogP contribution in [0.5, 0.6) is 0 Å². The number of hydrogen-bond acceptors (Lipinski definition) is 3. The van der Waals surface area contributed by atoms with Crippen LogP contribution in [-0.4, -0.2) is 39.0 Å². The van der Waals surface area contributed by atoms with Gasteiger partial charge in [0.05, 0.1) is 12.7 Å². The molecule has 2 atom stereocenters. The van der Waals surface area contributed by atoms with Gasteiger partial charge in [-0.25, -0.2) is 0 Å². The van der Waals surface area contributed by atoms with Crippen molar-refractivity contribution in [3.63, 3.8) is 0 Å². The predicted octanol–water partition coefficient (Wildman–Crippen LogP) is 1.04.